The second-order valence-electron chi connectivity index (χ2n) is 3.22. The molecule has 1 aromatic carbocycles. The molecule has 0 aliphatic rings. The molecular weight excluding hydrogens is 160 g/mol. The summed E-state index contributed by atoms with van der Waals surface area (Å²) in [6, 6.07) is 6.56. The highest BCUT2D eigenvalue weighted by Gasteiger charge is 1.87. The summed E-state index contributed by atoms with van der Waals surface area (Å²) in [5, 5.41) is 0. The molecule has 0 aromatic heterocycles. The number of nitrogens with one attached hydrogen (secondary N) is 1. The van der Waals surface area contributed by atoms with Crippen molar-refractivity contribution < 1.29 is 0 Å². The summed E-state index contributed by atoms with van der Waals surface area (Å²) in [6.45, 7) is 9.17. The Morgan fingerprint density at radius 3 is 1.38 bits per heavy atom. The standard InChI is InChI=1S/C9H12.C2H8N2/c1-7-4-8(2)6-9(3)5-7;1-2-4-3/h4-6H,1-3H3;4H,2-3H2,1H3. The highest BCUT2D eigenvalue weighted by Crippen LogP contribution is 2.06. The molecule has 0 aliphatic heterocycles. The lowest BCUT2D eigenvalue weighted by Crippen LogP contribution is -2.20. The van der Waals surface area contributed by atoms with E-state index in [9.17, 15) is 0 Å². The van der Waals surface area contributed by atoms with Crippen LogP contribution in [0.25, 0.3) is 0 Å². The van der Waals surface area contributed by atoms with Gasteiger partial charge in [0.1, 0.15) is 0 Å². The zero-order valence-electron chi connectivity index (χ0n) is 9.02. The first kappa shape index (κ1) is 12.1. The van der Waals surface area contributed by atoms with Crippen LogP contribution in [-0.2, 0) is 0 Å². The van der Waals surface area contributed by atoms with Crippen molar-refractivity contribution in [3.05, 3.63) is 34.9 Å². The van der Waals surface area contributed by atoms with Gasteiger partial charge in [0.2, 0.25) is 0 Å². The van der Waals surface area contributed by atoms with E-state index in [0.29, 0.717) is 0 Å². The number of benzene rings is 1. The van der Waals surface area contributed by atoms with Gasteiger partial charge in [-0.05, 0) is 20.8 Å². The fraction of sp³-hybridized carbons (Fsp3) is 0.455. The fourth-order valence-electron chi connectivity index (χ4n) is 1.20. The molecule has 0 unspecified atom stereocenters. The minimum atomic E-state index is 0.847. The summed E-state index contributed by atoms with van der Waals surface area (Å²) >= 11 is 0. The van der Waals surface area contributed by atoms with Gasteiger partial charge in [-0.2, -0.15) is 0 Å². The fourth-order valence-corrected chi connectivity index (χ4v) is 1.20. The van der Waals surface area contributed by atoms with E-state index >= 15 is 0 Å². The predicted octanol–water partition coefficient (Wildman–Crippen LogP) is 2.08. The Balaban J connectivity index is 0.000000310. The molecule has 0 spiro atoms. The Labute approximate surface area is 81.1 Å². The molecule has 0 bridgehead atoms. The molecule has 1 rings (SSSR count). The third-order valence-electron chi connectivity index (χ3n) is 1.57. The van der Waals surface area contributed by atoms with Gasteiger partial charge in [0, 0.05) is 6.54 Å². The van der Waals surface area contributed by atoms with Crippen LogP contribution in [-0.4, -0.2) is 6.54 Å². The normalized spacial score (nSPS) is 9.00. The van der Waals surface area contributed by atoms with Gasteiger partial charge in [-0.3, -0.25) is 11.3 Å². The van der Waals surface area contributed by atoms with Crippen molar-refractivity contribution in [2.75, 3.05) is 6.54 Å². The molecule has 0 amide bonds. The lowest BCUT2D eigenvalue weighted by Gasteiger charge is -1.96. The van der Waals surface area contributed by atoms with Gasteiger partial charge in [-0.1, -0.05) is 41.8 Å². The first-order valence-electron chi connectivity index (χ1n) is 4.58. The van der Waals surface area contributed by atoms with E-state index < -0.39 is 0 Å². The van der Waals surface area contributed by atoms with Crippen LogP contribution in [0.1, 0.15) is 23.6 Å². The van der Waals surface area contributed by atoms with Crippen molar-refractivity contribution >= 4 is 0 Å². The van der Waals surface area contributed by atoms with Crippen molar-refractivity contribution in [2.24, 2.45) is 5.84 Å². The number of hydrogen-bond acceptors (Lipinski definition) is 2. The topological polar surface area (TPSA) is 38.0 Å². The maximum atomic E-state index is 4.78. The smallest absolute Gasteiger partial charge is 0.00689 e. The van der Waals surface area contributed by atoms with Crippen LogP contribution in [0.3, 0.4) is 0 Å². The molecule has 0 heterocycles. The quantitative estimate of drug-likeness (QED) is 0.513. The summed E-state index contributed by atoms with van der Waals surface area (Å²) in [6.07, 6.45) is 0. The van der Waals surface area contributed by atoms with Gasteiger partial charge >= 0.3 is 0 Å². The van der Waals surface area contributed by atoms with Crippen LogP contribution >= 0.6 is 0 Å². The summed E-state index contributed by atoms with van der Waals surface area (Å²) in [5.41, 5.74) is 6.49. The lowest BCUT2D eigenvalue weighted by atomic mass is 10.1. The van der Waals surface area contributed by atoms with Crippen molar-refractivity contribution in [3.8, 4) is 0 Å². The Kier molecular flexibility index (Phi) is 6.20. The maximum Gasteiger partial charge on any atom is 0.00689 e. The van der Waals surface area contributed by atoms with Crippen LogP contribution in [0.5, 0.6) is 0 Å². The Hall–Kier alpha value is -0.860. The minimum absolute atomic E-state index is 0.847. The van der Waals surface area contributed by atoms with Crippen LogP contribution in [0.15, 0.2) is 18.2 Å². The van der Waals surface area contributed by atoms with Gasteiger partial charge < -0.3 is 0 Å². The number of aryl methyl sites for hydroxylation is 3. The molecular formula is C11H20N2. The van der Waals surface area contributed by atoms with E-state index in [1.165, 1.54) is 16.7 Å². The molecule has 0 aliphatic carbocycles. The monoisotopic (exact) mass is 180 g/mol. The number of hydrazine groups is 1. The Morgan fingerprint density at radius 1 is 1.00 bits per heavy atom. The predicted molar refractivity (Wildman–Crippen MR) is 58.5 cm³/mol. The summed E-state index contributed by atoms with van der Waals surface area (Å²) in [5.74, 6) is 4.78. The zero-order chi connectivity index (χ0) is 10.3. The lowest BCUT2D eigenvalue weighted by molar-refractivity contribution is 0.781. The number of rotatable bonds is 1. The Morgan fingerprint density at radius 2 is 1.23 bits per heavy atom. The molecule has 74 valence electrons. The highest BCUT2D eigenvalue weighted by molar-refractivity contribution is 5.27. The molecule has 3 N–H and O–H groups in total. The second-order valence-corrected chi connectivity index (χ2v) is 3.22. The second kappa shape index (κ2) is 6.63. The summed E-state index contributed by atoms with van der Waals surface area (Å²) in [4.78, 5) is 0. The third-order valence-corrected chi connectivity index (χ3v) is 1.57. The number of nitrogens with two attached hydrogens (primary N) is 1. The van der Waals surface area contributed by atoms with E-state index in [4.69, 9.17) is 5.84 Å². The van der Waals surface area contributed by atoms with Crippen molar-refractivity contribution in [1.82, 2.24) is 5.43 Å². The first-order valence-corrected chi connectivity index (χ1v) is 4.58. The van der Waals surface area contributed by atoms with Gasteiger partial charge in [-0.25, -0.2) is 0 Å². The van der Waals surface area contributed by atoms with Crippen LogP contribution in [0.2, 0.25) is 0 Å². The van der Waals surface area contributed by atoms with Crippen LogP contribution in [0, 0.1) is 20.8 Å². The van der Waals surface area contributed by atoms with Crippen molar-refractivity contribution in [1.29, 1.82) is 0 Å². The summed E-state index contributed by atoms with van der Waals surface area (Å²) < 4.78 is 0. The van der Waals surface area contributed by atoms with Crippen LogP contribution < -0.4 is 11.3 Å². The molecule has 2 heteroatoms. The highest BCUT2D eigenvalue weighted by atomic mass is 15.2. The van der Waals surface area contributed by atoms with E-state index in [1.54, 1.807) is 0 Å². The molecule has 1 aromatic rings. The number of hydrogen-bond donors (Lipinski definition) is 2. The average molecular weight is 180 g/mol. The van der Waals surface area contributed by atoms with Crippen molar-refractivity contribution in [2.45, 2.75) is 27.7 Å². The van der Waals surface area contributed by atoms with E-state index in [2.05, 4.69) is 44.4 Å². The summed E-state index contributed by atoms with van der Waals surface area (Å²) in [7, 11) is 0. The maximum absolute atomic E-state index is 4.78. The van der Waals surface area contributed by atoms with E-state index in [0.717, 1.165) is 6.54 Å². The Bertz CT molecular complexity index is 191. The molecule has 0 radical (unpaired) electrons. The van der Waals surface area contributed by atoms with Gasteiger partial charge in [0.25, 0.3) is 0 Å². The molecule has 0 saturated carbocycles. The van der Waals surface area contributed by atoms with Crippen molar-refractivity contribution in [3.63, 3.8) is 0 Å². The first-order chi connectivity index (χ1) is 6.10. The van der Waals surface area contributed by atoms with E-state index in [1.807, 2.05) is 6.92 Å². The molecule has 0 saturated heterocycles. The average Bonchev–Trinajstić information content (AvgIpc) is 2.02. The van der Waals surface area contributed by atoms with Gasteiger partial charge in [-0.15, -0.1) is 0 Å². The minimum Gasteiger partial charge on any atom is -0.271 e. The van der Waals surface area contributed by atoms with Gasteiger partial charge in [0.05, 0.1) is 0 Å². The molecule has 0 atom stereocenters. The molecule has 0 fully saturated rings. The SMILES string of the molecule is CCNN.Cc1cc(C)cc(C)c1. The molecule has 13 heavy (non-hydrogen) atoms. The third kappa shape index (κ3) is 6.31. The van der Waals surface area contributed by atoms with E-state index in [-0.39, 0.29) is 0 Å². The van der Waals surface area contributed by atoms with Crippen LogP contribution in [0.4, 0.5) is 0 Å². The molecule has 2 nitrogen and oxygen atoms in total. The van der Waals surface area contributed by atoms with Gasteiger partial charge in [0.15, 0.2) is 0 Å². The largest absolute Gasteiger partial charge is 0.271 e. The zero-order valence-corrected chi connectivity index (χ0v) is 9.02.